The van der Waals surface area contributed by atoms with Crippen molar-refractivity contribution in [2.24, 2.45) is 17.6 Å². The van der Waals surface area contributed by atoms with Crippen LogP contribution in [0.5, 0.6) is 0 Å². The van der Waals surface area contributed by atoms with E-state index in [1.54, 1.807) is 0 Å². The summed E-state index contributed by atoms with van der Waals surface area (Å²) in [5.41, 5.74) is 6.02. The molecule has 2 atom stereocenters. The predicted molar refractivity (Wildman–Crippen MR) is 66.3 cm³/mol. The second-order valence-electron chi connectivity index (χ2n) is 5.69. The van der Waals surface area contributed by atoms with E-state index in [0.717, 1.165) is 32.1 Å². The Morgan fingerprint density at radius 2 is 2.19 bits per heavy atom. The van der Waals surface area contributed by atoms with Crippen LogP contribution in [-0.2, 0) is 4.74 Å². The van der Waals surface area contributed by atoms with Gasteiger partial charge in [-0.05, 0) is 32.2 Å². The van der Waals surface area contributed by atoms with Crippen molar-refractivity contribution in [2.75, 3.05) is 26.3 Å². The summed E-state index contributed by atoms with van der Waals surface area (Å²) in [5.74, 6) is 1.58. The molecule has 0 amide bonds. The summed E-state index contributed by atoms with van der Waals surface area (Å²) in [4.78, 5) is 0. The Balaban J connectivity index is 1.73. The van der Waals surface area contributed by atoms with Gasteiger partial charge in [-0.15, -0.1) is 0 Å². The number of hydrogen-bond donors (Lipinski definition) is 2. The lowest BCUT2D eigenvalue weighted by atomic mass is 9.81. The van der Waals surface area contributed by atoms with E-state index >= 15 is 0 Å². The minimum atomic E-state index is 0.0836. The molecule has 3 heteroatoms. The molecule has 0 aromatic rings. The van der Waals surface area contributed by atoms with Crippen LogP contribution in [0.3, 0.4) is 0 Å². The van der Waals surface area contributed by atoms with E-state index < -0.39 is 0 Å². The summed E-state index contributed by atoms with van der Waals surface area (Å²) in [6.45, 7) is 5.88. The predicted octanol–water partition coefficient (Wildman–Crippen LogP) is 1.52. The van der Waals surface area contributed by atoms with Crippen LogP contribution in [-0.4, -0.2) is 31.8 Å². The maximum absolute atomic E-state index is 5.93. The van der Waals surface area contributed by atoms with Crippen LogP contribution in [0, 0.1) is 11.8 Å². The molecule has 2 unspecified atom stereocenters. The van der Waals surface area contributed by atoms with Crippen molar-refractivity contribution in [1.82, 2.24) is 5.32 Å². The van der Waals surface area contributed by atoms with E-state index in [1.807, 2.05) is 0 Å². The van der Waals surface area contributed by atoms with E-state index in [9.17, 15) is 0 Å². The third-order valence-corrected chi connectivity index (χ3v) is 4.56. The molecule has 94 valence electrons. The number of rotatable bonds is 6. The summed E-state index contributed by atoms with van der Waals surface area (Å²) in [6, 6.07) is 0. The molecule has 2 fully saturated rings. The van der Waals surface area contributed by atoms with E-state index in [4.69, 9.17) is 10.5 Å². The SMILES string of the molecule is CC(CN)(NCCC1CCC1)C1CCOC1. The Morgan fingerprint density at radius 1 is 1.38 bits per heavy atom. The summed E-state index contributed by atoms with van der Waals surface area (Å²) >= 11 is 0. The summed E-state index contributed by atoms with van der Waals surface area (Å²) in [5, 5.41) is 3.68. The van der Waals surface area contributed by atoms with Crippen molar-refractivity contribution in [3.05, 3.63) is 0 Å². The van der Waals surface area contributed by atoms with Gasteiger partial charge in [0.05, 0.1) is 6.61 Å². The largest absolute Gasteiger partial charge is 0.381 e. The van der Waals surface area contributed by atoms with E-state index in [0.29, 0.717) is 12.5 Å². The van der Waals surface area contributed by atoms with Gasteiger partial charge in [0.2, 0.25) is 0 Å². The van der Waals surface area contributed by atoms with Gasteiger partial charge in [-0.1, -0.05) is 19.3 Å². The highest BCUT2D eigenvalue weighted by molar-refractivity contribution is 4.93. The van der Waals surface area contributed by atoms with Gasteiger partial charge in [0, 0.05) is 24.6 Å². The minimum absolute atomic E-state index is 0.0836. The molecule has 1 saturated heterocycles. The molecule has 16 heavy (non-hydrogen) atoms. The van der Waals surface area contributed by atoms with E-state index in [2.05, 4.69) is 12.2 Å². The van der Waals surface area contributed by atoms with Crippen LogP contribution in [0.2, 0.25) is 0 Å². The van der Waals surface area contributed by atoms with Crippen LogP contribution in [0.15, 0.2) is 0 Å². The second-order valence-corrected chi connectivity index (χ2v) is 5.69. The van der Waals surface area contributed by atoms with Crippen molar-refractivity contribution in [1.29, 1.82) is 0 Å². The molecule has 2 aliphatic rings. The Hall–Kier alpha value is -0.120. The fraction of sp³-hybridized carbons (Fsp3) is 1.00. The van der Waals surface area contributed by atoms with Gasteiger partial charge >= 0.3 is 0 Å². The highest BCUT2D eigenvalue weighted by Gasteiger charge is 2.35. The van der Waals surface area contributed by atoms with Gasteiger partial charge < -0.3 is 15.8 Å². The fourth-order valence-electron chi connectivity index (χ4n) is 2.76. The molecular formula is C13H26N2O. The molecule has 1 aliphatic heterocycles. The van der Waals surface area contributed by atoms with E-state index in [-0.39, 0.29) is 5.54 Å². The zero-order chi connectivity index (χ0) is 11.4. The first kappa shape index (κ1) is 12.3. The second kappa shape index (κ2) is 5.48. The quantitative estimate of drug-likeness (QED) is 0.722. The Kier molecular flexibility index (Phi) is 4.22. The highest BCUT2D eigenvalue weighted by Crippen LogP contribution is 2.30. The van der Waals surface area contributed by atoms with Crippen molar-refractivity contribution in [3.8, 4) is 0 Å². The molecule has 0 aromatic heterocycles. The third kappa shape index (κ3) is 2.76. The third-order valence-electron chi connectivity index (χ3n) is 4.56. The number of nitrogens with one attached hydrogen (secondary N) is 1. The standard InChI is InChI=1S/C13H26N2O/c1-13(10-14,12-6-8-16-9-12)15-7-5-11-3-2-4-11/h11-12,15H,2-10,14H2,1H3. The molecule has 0 bridgehead atoms. The van der Waals surface area contributed by atoms with Crippen LogP contribution in [0.25, 0.3) is 0 Å². The lowest BCUT2D eigenvalue weighted by Gasteiger charge is -2.36. The molecule has 0 aromatic carbocycles. The van der Waals surface area contributed by atoms with Gasteiger partial charge in [0.1, 0.15) is 0 Å². The Bertz CT molecular complexity index is 212. The molecule has 0 radical (unpaired) electrons. The lowest BCUT2D eigenvalue weighted by molar-refractivity contribution is 0.152. The molecule has 3 nitrogen and oxygen atoms in total. The molecule has 3 N–H and O–H groups in total. The van der Waals surface area contributed by atoms with Crippen molar-refractivity contribution in [3.63, 3.8) is 0 Å². The van der Waals surface area contributed by atoms with Crippen molar-refractivity contribution in [2.45, 2.75) is 44.6 Å². The fourth-order valence-corrected chi connectivity index (χ4v) is 2.76. The monoisotopic (exact) mass is 226 g/mol. The Labute approximate surface area is 99.1 Å². The molecule has 0 spiro atoms. The normalized spacial score (nSPS) is 30.0. The molecule has 2 rings (SSSR count). The van der Waals surface area contributed by atoms with E-state index in [1.165, 1.54) is 25.7 Å². The molecule has 1 heterocycles. The summed E-state index contributed by atoms with van der Waals surface area (Å²) < 4.78 is 5.47. The van der Waals surface area contributed by atoms with Crippen LogP contribution in [0.1, 0.15) is 39.0 Å². The first-order valence-corrected chi connectivity index (χ1v) is 6.77. The van der Waals surface area contributed by atoms with Crippen LogP contribution < -0.4 is 11.1 Å². The average Bonchev–Trinajstić information content (AvgIpc) is 2.75. The van der Waals surface area contributed by atoms with Crippen molar-refractivity contribution >= 4 is 0 Å². The van der Waals surface area contributed by atoms with Gasteiger partial charge in [-0.2, -0.15) is 0 Å². The smallest absolute Gasteiger partial charge is 0.0513 e. The lowest BCUT2D eigenvalue weighted by Crippen LogP contribution is -2.55. The maximum atomic E-state index is 5.93. The number of hydrogen-bond acceptors (Lipinski definition) is 3. The van der Waals surface area contributed by atoms with Crippen molar-refractivity contribution < 1.29 is 4.74 Å². The van der Waals surface area contributed by atoms with Crippen LogP contribution in [0.4, 0.5) is 0 Å². The van der Waals surface area contributed by atoms with Crippen LogP contribution >= 0.6 is 0 Å². The minimum Gasteiger partial charge on any atom is -0.381 e. The summed E-state index contributed by atoms with van der Waals surface area (Å²) in [7, 11) is 0. The zero-order valence-corrected chi connectivity index (χ0v) is 10.5. The molecular weight excluding hydrogens is 200 g/mol. The first-order chi connectivity index (χ1) is 7.74. The molecule has 1 aliphatic carbocycles. The maximum Gasteiger partial charge on any atom is 0.0513 e. The zero-order valence-electron chi connectivity index (χ0n) is 10.5. The highest BCUT2D eigenvalue weighted by atomic mass is 16.5. The topological polar surface area (TPSA) is 47.3 Å². The number of ether oxygens (including phenoxy) is 1. The van der Waals surface area contributed by atoms with Gasteiger partial charge in [0.25, 0.3) is 0 Å². The summed E-state index contributed by atoms with van der Waals surface area (Å²) in [6.07, 6.45) is 6.80. The number of nitrogens with two attached hydrogens (primary N) is 1. The molecule has 1 saturated carbocycles. The Morgan fingerprint density at radius 3 is 2.69 bits per heavy atom. The van der Waals surface area contributed by atoms with Gasteiger partial charge in [0.15, 0.2) is 0 Å². The average molecular weight is 226 g/mol. The van der Waals surface area contributed by atoms with Gasteiger partial charge in [-0.3, -0.25) is 0 Å². The van der Waals surface area contributed by atoms with Gasteiger partial charge in [-0.25, -0.2) is 0 Å². The first-order valence-electron chi connectivity index (χ1n) is 6.77.